The van der Waals surface area contributed by atoms with E-state index in [9.17, 15) is 4.79 Å². The van der Waals surface area contributed by atoms with Gasteiger partial charge in [-0.05, 0) is 166 Å². The number of rotatable bonds is 15. The van der Waals surface area contributed by atoms with Crippen LogP contribution in [0.4, 0.5) is 33.6 Å². The van der Waals surface area contributed by atoms with Crippen LogP contribution in [-0.4, -0.2) is 85.4 Å². The predicted molar refractivity (Wildman–Crippen MR) is 273 cm³/mol. The lowest BCUT2D eigenvalue weighted by molar-refractivity contribution is 0.0529. The molecule has 0 aliphatic heterocycles. The maximum atomic E-state index is 12.7. The van der Waals surface area contributed by atoms with Crippen LogP contribution >= 0.6 is 11.6 Å². The first-order valence-electron chi connectivity index (χ1n) is 22.9. The summed E-state index contributed by atoms with van der Waals surface area (Å²) in [5.41, 5.74) is 13.7. The third-order valence-corrected chi connectivity index (χ3v) is 12.2. The molecule has 0 atom stereocenters. The van der Waals surface area contributed by atoms with E-state index in [0.29, 0.717) is 70.7 Å². The quantitative estimate of drug-likeness (QED) is 0.0824. The number of hydrogen-bond donors (Lipinski definition) is 3. The van der Waals surface area contributed by atoms with Gasteiger partial charge >= 0.3 is 6.09 Å². The molecule has 352 valence electrons. The van der Waals surface area contributed by atoms with Crippen molar-refractivity contribution in [2.75, 3.05) is 35.2 Å². The summed E-state index contributed by atoms with van der Waals surface area (Å²) in [5, 5.41) is 19.1. The monoisotopic (exact) mass is 951 g/mol. The average molecular weight is 953 g/mol. The predicted octanol–water partition coefficient (Wildman–Crippen LogP) is 9.57. The number of amides is 1. The molecule has 17 nitrogen and oxygen atoms in total. The van der Waals surface area contributed by atoms with E-state index in [1.165, 1.54) is 17.5 Å². The van der Waals surface area contributed by atoms with Gasteiger partial charge in [0.1, 0.15) is 46.6 Å². The first-order chi connectivity index (χ1) is 33.9. The van der Waals surface area contributed by atoms with E-state index >= 15 is 0 Å². The van der Waals surface area contributed by atoms with Gasteiger partial charge in [0.15, 0.2) is 17.3 Å². The van der Waals surface area contributed by atoms with Crippen LogP contribution in [0.5, 0.6) is 0 Å². The molecule has 2 aromatic carbocycles. The Morgan fingerprint density at radius 1 is 0.671 bits per heavy atom. The highest BCUT2D eigenvalue weighted by Crippen LogP contribution is 2.29. The fourth-order valence-corrected chi connectivity index (χ4v) is 8.56. The number of alkyl carbamates (subject to hydrolysis) is 1. The van der Waals surface area contributed by atoms with Gasteiger partial charge in [-0.1, -0.05) is 23.7 Å². The first kappa shape index (κ1) is 45.5. The van der Waals surface area contributed by atoms with Crippen LogP contribution in [0.1, 0.15) is 59.7 Å². The van der Waals surface area contributed by atoms with E-state index in [1.54, 1.807) is 23.2 Å². The zero-order valence-electron chi connectivity index (χ0n) is 39.4. The number of hydrogen-bond acceptors (Lipinski definition) is 14. The van der Waals surface area contributed by atoms with Gasteiger partial charge in [0.05, 0.1) is 22.7 Å². The summed E-state index contributed by atoms with van der Waals surface area (Å²) in [6.07, 6.45) is 12.2. The number of fused-ring (bicyclic) bond motifs is 4. The number of aryl methyl sites for hydroxylation is 2. The molecule has 0 saturated heterocycles. The molecule has 10 aromatic rings. The van der Waals surface area contributed by atoms with Crippen LogP contribution in [0.15, 0.2) is 123 Å². The van der Waals surface area contributed by atoms with E-state index in [0.717, 1.165) is 63.2 Å². The van der Waals surface area contributed by atoms with Crippen molar-refractivity contribution < 1.29 is 9.53 Å². The standard InChI is InChI=1S/C52H50ClN15O2/c1-32-22-39(62-49-47-41(55-29-58-49)10-12-44(53)64-47)8-6-36(32)24-34-14-19-67-43(26-34)38(28-60-67)16-18-66(21-17-54-51(69)70-52(3,4)5)45-13-11-42-48(65-45)50(59-30-56-42)63-40-9-7-37(33(2)23-40)25-35-15-20-68-46(27-35)57-31-61-68/h6-15,19-20,22-23,26-31H,16-18,21,24-25H2,1-5H3,(H,54,69)(H,55,58,62)(H,56,59,63). The second-order valence-corrected chi connectivity index (χ2v) is 18.6. The summed E-state index contributed by atoms with van der Waals surface area (Å²) in [7, 11) is 0. The molecule has 0 aliphatic rings. The number of aromatic nitrogens is 11. The lowest BCUT2D eigenvalue weighted by Gasteiger charge is -2.25. The lowest BCUT2D eigenvalue weighted by atomic mass is 10.00. The SMILES string of the molecule is Cc1cc(Nc2ncnc3ccc(Cl)nc23)ccc1Cc1ccn2ncc(CCN(CCNC(=O)OC(C)(C)C)c3ccc4ncnc(Nc5ccc(Cc6ccn7ncnc7c6)c(C)c5)c4n3)c2c1. The van der Waals surface area contributed by atoms with Crippen molar-refractivity contribution in [1.29, 1.82) is 0 Å². The van der Waals surface area contributed by atoms with E-state index in [1.807, 2.05) is 68.1 Å². The second kappa shape index (κ2) is 19.4. The number of nitrogens with one attached hydrogen (secondary N) is 3. The van der Waals surface area contributed by atoms with Gasteiger partial charge in [0.25, 0.3) is 0 Å². The number of nitrogens with zero attached hydrogens (tertiary/aromatic N) is 12. The van der Waals surface area contributed by atoms with Gasteiger partial charge in [-0.15, -0.1) is 0 Å². The minimum atomic E-state index is -0.622. The molecule has 10 rings (SSSR count). The normalized spacial score (nSPS) is 11.7. The van der Waals surface area contributed by atoms with Crippen LogP contribution in [0.25, 0.3) is 33.2 Å². The van der Waals surface area contributed by atoms with Gasteiger partial charge < -0.3 is 25.6 Å². The highest BCUT2D eigenvalue weighted by atomic mass is 35.5. The summed E-state index contributed by atoms with van der Waals surface area (Å²) in [5.74, 6) is 1.89. The highest BCUT2D eigenvalue weighted by molar-refractivity contribution is 6.29. The summed E-state index contributed by atoms with van der Waals surface area (Å²) in [4.78, 5) is 46.8. The van der Waals surface area contributed by atoms with Crippen molar-refractivity contribution in [3.05, 3.63) is 167 Å². The average Bonchev–Trinajstić information content (AvgIpc) is 3.98. The maximum absolute atomic E-state index is 12.7. The summed E-state index contributed by atoms with van der Waals surface area (Å²) >= 11 is 6.20. The van der Waals surface area contributed by atoms with Crippen LogP contribution < -0.4 is 20.9 Å². The third kappa shape index (κ3) is 10.4. The molecule has 0 fully saturated rings. The topological polar surface area (TPSA) is 190 Å². The molecular weight excluding hydrogens is 902 g/mol. The molecule has 18 heteroatoms. The molecule has 0 radical (unpaired) electrons. The number of pyridine rings is 4. The smallest absolute Gasteiger partial charge is 0.407 e. The number of ether oxygens (including phenoxy) is 1. The van der Waals surface area contributed by atoms with Gasteiger partial charge in [0, 0.05) is 43.4 Å². The van der Waals surface area contributed by atoms with Crippen LogP contribution in [0, 0.1) is 13.8 Å². The molecular formula is C52H50ClN15O2. The van der Waals surface area contributed by atoms with Gasteiger partial charge in [0.2, 0.25) is 0 Å². The second-order valence-electron chi connectivity index (χ2n) is 18.2. The van der Waals surface area contributed by atoms with E-state index in [4.69, 9.17) is 26.4 Å². The maximum Gasteiger partial charge on any atom is 0.407 e. The molecule has 0 unspecified atom stereocenters. The molecule has 1 amide bonds. The molecule has 3 N–H and O–H groups in total. The van der Waals surface area contributed by atoms with Gasteiger partial charge in [-0.25, -0.2) is 48.7 Å². The van der Waals surface area contributed by atoms with Gasteiger partial charge in [-0.2, -0.15) is 10.2 Å². The number of carbonyl (C=O) groups is 1. The molecule has 0 bridgehead atoms. The van der Waals surface area contributed by atoms with Crippen LogP contribution in [-0.2, 0) is 24.0 Å². The molecule has 8 aromatic heterocycles. The Morgan fingerprint density at radius 2 is 1.31 bits per heavy atom. The van der Waals surface area contributed by atoms with Crippen molar-refractivity contribution in [2.45, 2.75) is 59.5 Å². The van der Waals surface area contributed by atoms with E-state index < -0.39 is 11.7 Å². The largest absolute Gasteiger partial charge is 0.444 e. The number of carbonyl (C=O) groups excluding carboxylic acids is 1. The Morgan fingerprint density at radius 3 is 1.99 bits per heavy atom. The Kier molecular flexibility index (Phi) is 12.6. The van der Waals surface area contributed by atoms with Crippen LogP contribution in [0.3, 0.4) is 0 Å². The Balaban J connectivity index is 0.865. The highest BCUT2D eigenvalue weighted by Gasteiger charge is 2.19. The van der Waals surface area contributed by atoms with Crippen LogP contribution in [0.2, 0.25) is 5.15 Å². The Bertz CT molecular complexity index is 3550. The molecule has 70 heavy (non-hydrogen) atoms. The van der Waals surface area contributed by atoms with Crippen molar-refractivity contribution >= 4 is 79.8 Å². The van der Waals surface area contributed by atoms with Crippen molar-refractivity contribution in [3.63, 3.8) is 0 Å². The molecule has 0 spiro atoms. The number of halogens is 1. The van der Waals surface area contributed by atoms with E-state index in [2.05, 4.69) is 124 Å². The fourth-order valence-electron chi connectivity index (χ4n) is 8.41. The first-order valence-corrected chi connectivity index (χ1v) is 23.3. The lowest BCUT2D eigenvalue weighted by Crippen LogP contribution is -2.39. The molecule has 0 aliphatic carbocycles. The minimum Gasteiger partial charge on any atom is -0.444 e. The number of anilines is 5. The Labute approximate surface area is 408 Å². The molecule has 8 heterocycles. The number of benzene rings is 2. The van der Waals surface area contributed by atoms with Gasteiger partial charge in [-0.3, -0.25) is 0 Å². The Hall–Kier alpha value is -8.31. The van der Waals surface area contributed by atoms with Crippen molar-refractivity contribution in [2.24, 2.45) is 0 Å². The van der Waals surface area contributed by atoms with E-state index in [-0.39, 0.29) is 0 Å². The third-order valence-electron chi connectivity index (χ3n) is 12.0. The zero-order valence-corrected chi connectivity index (χ0v) is 40.1. The summed E-state index contributed by atoms with van der Waals surface area (Å²) < 4.78 is 9.22. The minimum absolute atomic E-state index is 0.330. The van der Waals surface area contributed by atoms with Crippen molar-refractivity contribution in [1.82, 2.24) is 59.4 Å². The molecule has 0 saturated carbocycles. The van der Waals surface area contributed by atoms with Crippen molar-refractivity contribution in [3.8, 4) is 0 Å². The zero-order chi connectivity index (χ0) is 48.4. The summed E-state index contributed by atoms with van der Waals surface area (Å²) in [6, 6.07) is 28.5. The fraction of sp³-hybridized carbons (Fsp3) is 0.231. The summed E-state index contributed by atoms with van der Waals surface area (Å²) in [6.45, 7) is 11.1.